The summed E-state index contributed by atoms with van der Waals surface area (Å²) in [7, 11) is 0. The number of amides is 1. The summed E-state index contributed by atoms with van der Waals surface area (Å²) in [5, 5.41) is 10.1. The Kier molecular flexibility index (Phi) is 11.8. The Morgan fingerprint density at radius 2 is 2.19 bits per heavy atom. The average Bonchev–Trinajstić information content (AvgIpc) is 3.13. The molecule has 3 N–H and O–H groups in total. The summed E-state index contributed by atoms with van der Waals surface area (Å²) in [4.78, 5) is 22.6. The van der Waals surface area contributed by atoms with Crippen molar-refractivity contribution in [3.8, 4) is 0 Å². The summed E-state index contributed by atoms with van der Waals surface area (Å²) >= 11 is 0. The lowest BCUT2D eigenvalue weighted by Crippen LogP contribution is -2.45. The number of anilines is 1. The molecular weight excluding hydrogens is 455 g/mol. The molecule has 8 heteroatoms. The molecule has 1 unspecified atom stereocenters. The van der Waals surface area contributed by atoms with Crippen LogP contribution in [0.4, 0.5) is 5.82 Å². The summed E-state index contributed by atoms with van der Waals surface area (Å²) in [6.07, 6.45) is 5.40. The monoisotopic (exact) mass is 488 g/mol. The molecule has 0 aromatic carbocycles. The lowest BCUT2D eigenvalue weighted by molar-refractivity contribution is -0.129. The first-order valence-electron chi connectivity index (χ1n) is 9.70. The smallest absolute Gasteiger partial charge is 0.222 e. The summed E-state index contributed by atoms with van der Waals surface area (Å²) in [6.45, 7) is 8.09. The minimum atomic E-state index is 0. The molecule has 152 valence electrons. The Bertz CT molecular complexity index is 569. The van der Waals surface area contributed by atoms with Gasteiger partial charge in [0.15, 0.2) is 5.96 Å². The van der Waals surface area contributed by atoms with E-state index >= 15 is 0 Å². The SMILES string of the molecule is CCNC(=NCCCCNc1ccccn1)NC1CCN(C(=O)CC)C1.I. The van der Waals surface area contributed by atoms with Crippen molar-refractivity contribution in [1.82, 2.24) is 20.5 Å². The molecular formula is C19H33IN6O. The van der Waals surface area contributed by atoms with Gasteiger partial charge < -0.3 is 20.9 Å². The molecule has 2 rings (SSSR count). The summed E-state index contributed by atoms with van der Waals surface area (Å²) < 4.78 is 0. The molecule has 1 amide bonds. The van der Waals surface area contributed by atoms with Gasteiger partial charge in [-0.25, -0.2) is 4.98 Å². The molecule has 1 aliphatic heterocycles. The van der Waals surface area contributed by atoms with E-state index in [0.717, 1.165) is 63.8 Å². The van der Waals surface area contributed by atoms with Crippen molar-refractivity contribution in [2.24, 2.45) is 4.99 Å². The molecule has 1 aliphatic rings. The van der Waals surface area contributed by atoms with Crippen molar-refractivity contribution < 1.29 is 4.79 Å². The number of carbonyl (C=O) groups excluding carboxylic acids is 1. The van der Waals surface area contributed by atoms with E-state index in [2.05, 4.69) is 32.9 Å². The number of pyridine rings is 1. The van der Waals surface area contributed by atoms with Crippen LogP contribution in [0, 0.1) is 0 Å². The predicted molar refractivity (Wildman–Crippen MR) is 122 cm³/mol. The molecule has 2 heterocycles. The van der Waals surface area contributed by atoms with E-state index in [9.17, 15) is 4.79 Å². The van der Waals surface area contributed by atoms with Gasteiger partial charge in [-0.05, 0) is 38.3 Å². The van der Waals surface area contributed by atoms with Gasteiger partial charge in [-0.3, -0.25) is 9.79 Å². The second-order valence-electron chi connectivity index (χ2n) is 6.43. The van der Waals surface area contributed by atoms with Gasteiger partial charge in [-0.15, -0.1) is 24.0 Å². The number of hydrogen-bond acceptors (Lipinski definition) is 4. The van der Waals surface area contributed by atoms with Crippen LogP contribution in [0.15, 0.2) is 29.4 Å². The van der Waals surface area contributed by atoms with Gasteiger partial charge in [0.1, 0.15) is 5.82 Å². The van der Waals surface area contributed by atoms with Gasteiger partial charge in [0.2, 0.25) is 5.91 Å². The largest absolute Gasteiger partial charge is 0.370 e. The topological polar surface area (TPSA) is 81.7 Å². The van der Waals surface area contributed by atoms with Crippen molar-refractivity contribution in [2.75, 3.05) is 38.0 Å². The minimum Gasteiger partial charge on any atom is -0.370 e. The van der Waals surface area contributed by atoms with Crippen LogP contribution in [0.1, 0.15) is 39.5 Å². The fraction of sp³-hybridized carbons (Fsp3) is 0.632. The molecule has 7 nitrogen and oxygen atoms in total. The van der Waals surface area contributed by atoms with Crippen LogP contribution < -0.4 is 16.0 Å². The molecule has 0 bridgehead atoms. The van der Waals surface area contributed by atoms with Crippen LogP contribution in [0.5, 0.6) is 0 Å². The standard InChI is InChI=1S/C19H32N6O.HI/c1-3-18(26)25-14-10-16(15-25)24-19(20-4-2)23-13-8-7-12-22-17-9-5-6-11-21-17;/h5-6,9,11,16H,3-4,7-8,10,12-15H2,1-2H3,(H,21,22)(H2,20,23,24);1H. The normalized spacial score (nSPS) is 16.6. The highest BCUT2D eigenvalue weighted by molar-refractivity contribution is 14.0. The highest BCUT2D eigenvalue weighted by Gasteiger charge is 2.25. The van der Waals surface area contributed by atoms with E-state index in [1.165, 1.54) is 0 Å². The molecule has 0 radical (unpaired) electrons. The second kappa shape index (κ2) is 13.6. The minimum absolute atomic E-state index is 0. The number of carbonyl (C=O) groups is 1. The second-order valence-corrected chi connectivity index (χ2v) is 6.43. The van der Waals surface area contributed by atoms with Crippen molar-refractivity contribution in [1.29, 1.82) is 0 Å². The number of guanidine groups is 1. The Morgan fingerprint density at radius 3 is 2.89 bits per heavy atom. The maximum atomic E-state index is 11.8. The highest BCUT2D eigenvalue weighted by Crippen LogP contribution is 2.10. The number of hydrogen-bond donors (Lipinski definition) is 3. The van der Waals surface area contributed by atoms with E-state index in [1.807, 2.05) is 30.0 Å². The number of unbranched alkanes of at least 4 members (excludes halogenated alkanes) is 1. The third-order valence-electron chi connectivity index (χ3n) is 4.35. The molecule has 1 fully saturated rings. The van der Waals surface area contributed by atoms with E-state index in [0.29, 0.717) is 6.42 Å². The average molecular weight is 488 g/mol. The maximum Gasteiger partial charge on any atom is 0.222 e. The van der Waals surface area contributed by atoms with Gasteiger partial charge in [-0.1, -0.05) is 13.0 Å². The van der Waals surface area contributed by atoms with Crippen molar-refractivity contribution in [3.63, 3.8) is 0 Å². The first-order chi connectivity index (χ1) is 12.7. The molecule has 0 aliphatic carbocycles. The Labute approximate surface area is 179 Å². The fourth-order valence-corrected chi connectivity index (χ4v) is 2.95. The van der Waals surface area contributed by atoms with Crippen molar-refractivity contribution in [3.05, 3.63) is 24.4 Å². The lowest BCUT2D eigenvalue weighted by Gasteiger charge is -2.18. The molecule has 0 spiro atoms. The number of nitrogens with one attached hydrogen (secondary N) is 3. The Hall–Kier alpha value is -1.58. The summed E-state index contributed by atoms with van der Waals surface area (Å²) in [6, 6.07) is 6.15. The molecule has 0 saturated carbocycles. The zero-order valence-electron chi connectivity index (χ0n) is 16.4. The lowest BCUT2D eigenvalue weighted by atomic mass is 10.3. The number of aliphatic imine (C=N–C) groups is 1. The zero-order valence-corrected chi connectivity index (χ0v) is 18.7. The van der Waals surface area contributed by atoms with Crippen LogP contribution in [0.25, 0.3) is 0 Å². The predicted octanol–water partition coefficient (Wildman–Crippen LogP) is 2.46. The van der Waals surface area contributed by atoms with Crippen LogP contribution in [0.3, 0.4) is 0 Å². The molecule has 1 aromatic heterocycles. The van der Waals surface area contributed by atoms with Crippen LogP contribution in [-0.2, 0) is 4.79 Å². The number of rotatable bonds is 9. The quantitative estimate of drug-likeness (QED) is 0.215. The van der Waals surface area contributed by atoms with E-state index in [-0.39, 0.29) is 35.9 Å². The maximum absolute atomic E-state index is 11.8. The van der Waals surface area contributed by atoms with Crippen LogP contribution in [0.2, 0.25) is 0 Å². The molecule has 27 heavy (non-hydrogen) atoms. The van der Waals surface area contributed by atoms with Gasteiger partial charge in [0, 0.05) is 51.4 Å². The number of likely N-dealkylation sites (tertiary alicyclic amines) is 1. The van der Waals surface area contributed by atoms with Gasteiger partial charge >= 0.3 is 0 Å². The zero-order chi connectivity index (χ0) is 18.6. The highest BCUT2D eigenvalue weighted by atomic mass is 127. The first kappa shape index (κ1) is 23.5. The molecule has 1 atom stereocenters. The number of nitrogens with zero attached hydrogens (tertiary/aromatic N) is 3. The van der Waals surface area contributed by atoms with Crippen LogP contribution in [-0.4, -0.2) is 60.5 Å². The number of halogens is 1. The Morgan fingerprint density at radius 1 is 1.33 bits per heavy atom. The molecule has 1 saturated heterocycles. The Balaban J connectivity index is 0.00000364. The van der Waals surface area contributed by atoms with Gasteiger partial charge in [-0.2, -0.15) is 0 Å². The third-order valence-corrected chi connectivity index (χ3v) is 4.35. The third kappa shape index (κ3) is 8.77. The van der Waals surface area contributed by atoms with Gasteiger partial charge in [0.05, 0.1) is 0 Å². The summed E-state index contributed by atoms with van der Waals surface area (Å²) in [5.41, 5.74) is 0. The first-order valence-corrected chi connectivity index (χ1v) is 9.70. The van der Waals surface area contributed by atoms with Crippen molar-refractivity contribution in [2.45, 2.75) is 45.6 Å². The van der Waals surface area contributed by atoms with Crippen LogP contribution >= 0.6 is 24.0 Å². The number of aromatic nitrogens is 1. The van der Waals surface area contributed by atoms with E-state index in [4.69, 9.17) is 0 Å². The van der Waals surface area contributed by atoms with E-state index < -0.39 is 0 Å². The fourth-order valence-electron chi connectivity index (χ4n) is 2.95. The van der Waals surface area contributed by atoms with Gasteiger partial charge in [0.25, 0.3) is 0 Å². The van der Waals surface area contributed by atoms with E-state index in [1.54, 1.807) is 6.20 Å². The summed E-state index contributed by atoms with van der Waals surface area (Å²) in [5.74, 6) is 2.00. The molecule has 1 aromatic rings. The van der Waals surface area contributed by atoms with Crippen molar-refractivity contribution >= 4 is 41.7 Å².